The van der Waals surface area contributed by atoms with Crippen molar-refractivity contribution in [2.45, 2.75) is 31.1 Å². The van der Waals surface area contributed by atoms with Crippen molar-refractivity contribution >= 4 is 27.7 Å². The van der Waals surface area contributed by atoms with Gasteiger partial charge in [-0.2, -0.15) is 11.8 Å². The average molecular weight is 373 g/mol. The topological polar surface area (TPSA) is 38.5 Å². The van der Waals surface area contributed by atoms with Gasteiger partial charge >= 0.3 is 0 Å². The van der Waals surface area contributed by atoms with Crippen LogP contribution in [0.5, 0.6) is 5.75 Å². The van der Waals surface area contributed by atoms with E-state index in [1.54, 1.807) is 7.11 Å². The average Bonchev–Trinajstić information content (AvgIpc) is 2.63. The maximum Gasteiger partial charge on any atom is 0.119 e. The summed E-state index contributed by atoms with van der Waals surface area (Å²) in [5, 5.41) is 0. The monoisotopic (exact) mass is 372 g/mol. The van der Waals surface area contributed by atoms with E-state index >= 15 is 0 Å². The number of ether oxygens (including phenoxy) is 1. The van der Waals surface area contributed by atoms with Crippen LogP contribution in [0.25, 0.3) is 0 Å². The summed E-state index contributed by atoms with van der Waals surface area (Å²) in [6.45, 7) is 7.46. The molecule has 21 heavy (non-hydrogen) atoms. The third kappa shape index (κ3) is 4.38. The SMILES string of the molecule is COc1ccc(Br)c(C(CN)N2CCSC(C)(C)CC2)c1. The van der Waals surface area contributed by atoms with Crippen molar-refractivity contribution in [1.82, 2.24) is 4.90 Å². The summed E-state index contributed by atoms with van der Waals surface area (Å²) in [5.41, 5.74) is 7.33. The van der Waals surface area contributed by atoms with E-state index in [4.69, 9.17) is 10.5 Å². The van der Waals surface area contributed by atoms with Crippen molar-refractivity contribution < 1.29 is 4.74 Å². The molecule has 0 bridgehead atoms. The quantitative estimate of drug-likeness (QED) is 0.874. The van der Waals surface area contributed by atoms with E-state index in [1.807, 2.05) is 12.1 Å². The number of nitrogens with zero attached hydrogens (tertiary/aromatic N) is 1. The van der Waals surface area contributed by atoms with Crippen LogP contribution in [0.15, 0.2) is 22.7 Å². The molecule has 0 spiro atoms. The highest BCUT2D eigenvalue weighted by Gasteiger charge is 2.28. The van der Waals surface area contributed by atoms with Crippen molar-refractivity contribution in [1.29, 1.82) is 0 Å². The van der Waals surface area contributed by atoms with Crippen LogP contribution in [0, 0.1) is 0 Å². The summed E-state index contributed by atoms with van der Waals surface area (Å²) in [6, 6.07) is 6.37. The van der Waals surface area contributed by atoms with Gasteiger partial charge in [-0.15, -0.1) is 0 Å². The van der Waals surface area contributed by atoms with Gasteiger partial charge < -0.3 is 10.5 Å². The zero-order valence-electron chi connectivity index (χ0n) is 13.1. The number of rotatable bonds is 4. The molecular weight excluding hydrogens is 348 g/mol. The van der Waals surface area contributed by atoms with Crippen LogP contribution in [0.2, 0.25) is 0 Å². The van der Waals surface area contributed by atoms with Crippen molar-refractivity contribution in [3.05, 3.63) is 28.2 Å². The number of thioether (sulfide) groups is 1. The van der Waals surface area contributed by atoms with Crippen molar-refractivity contribution in [3.63, 3.8) is 0 Å². The Morgan fingerprint density at radius 1 is 1.43 bits per heavy atom. The Bertz CT molecular complexity index is 481. The molecule has 0 saturated carbocycles. The van der Waals surface area contributed by atoms with Gasteiger partial charge in [-0.05, 0) is 30.2 Å². The van der Waals surface area contributed by atoms with Gasteiger partial charge in [0.05, 0.1) is 7.11 Å². The fourth-order valence-corrected chi connectivity index (χ4v) is 4.35. The first-order valence-corrected chi connectivity index (χ1v) is 9.16. The van der Waals surface area contributed by atoms with Crippen LogP contribution in [0.4, 0.5) is 0 Å². The summed E-state index contributed by atoms with van der Waals surface area (Å²) in [6.07, 6.45) is 1.19. The van der Waals surface area contributed by atoms with Gasteiger partial charge in [-0.3, -0.25) is 4.90 Å². The molecule has 5 heteroatoms. The van der Waals surface area contributed by atoms with Crippen LogP contribution >= 0.6 is 27.7 Å². The molecule has 0 aromatic heterocycles. The van der Waals surface area contributed by atoms with Gasteiger partial charge in [0.2, 0.25) is 0 Å². The van der Waals surface area contributed by atoms with E-state index in [9.17, 15) is 0 Å². The van der Waals surface area contributed by atoms with E-state index in [-0.39, 0.29) is 6.04 Å². The van der Waals surface area contributed by atoms with E-state index in [0.717, 1.165) is 29.1 Å². The first-order valence-electron chi connectivity index (χ1n) is 7.38. The number of hydrogen-bond acceptors (Lipinski definition) is 4. The normalized spacial score (nSPS) is 20.8. The summed E-state index contributed by atoms with van der Waals surface area (Å²) in [5.74, 6) is 2.04. The minimum atomic E-state index is 0.240. The van der Waals surface area contributed by atoms with Crippen molar-refractivity contribution in [2.75, 3.05) is 32.5 Å². The zero-order valence-corrected chi connectivity index (χ0v) is 15.5. The molecule has 1 aromatic rings. The smallest absolute Gasteiger partial charge is 0.119 e. The number of hydrogen-bond donors (Lipinski definition) is 1. The van der Waals surface area contributed by atoms with Gasteiger partial charge in [0, 0.05) is 40.6 Å². The van der Waals surface area contributed by atoms with Gasteiger partial charge in [0.1, 0.15) is 5.75 Å². The third-order valence-corrected chi connectivity index (χ3v) is 6.19. The number of nitrogens with two attached hydrogens (primary N) is 1. The first kappa shape index (κ1) is 17.1. The zero-order chi connectivity index (χ0) is 15.5. The molecule has 0 amide bonds. The lowest BCUT2D eigenvalue weighted by Crippen LogP contribution is -2.36. The minimum Gasteiger partial charge on any atom is -0.497 e. The highest BCUT2D eigenvalue weighted by atomic mass is 79.9. The van der Waals surface area contributed by atoms with Crippen LogP contribution in [0.1, 0.15) is 31.9 Å². The van der Waals surface area contributed by atoms with Gasteiger partial charge in [0.15, 0.2) is 0 Å². The van der Waals surface area contributed by atoms with Gasteiger partial charge in [-0.25, -0.2) is 0 Å². The second kappa shape index (κ2) is 7.36. The predicted molar refractivity (Wildman–Crippen MR) is 95.2 cm³/mol. The largest absolute Gasteiger partial charge is 0.497 e. The van der Waals surface area contributed by atoms with E-state index < -0.39 is 0 Å². The molecule has 118 valence electrons. The van der Waals surface area contributed by atoms with Crippen molar-refractivity contribution in [2.24, 2.45) is 5.73 Å². The van der Waals surface area contributed by atoms with Crippen LogP contribution in [-0.4, -0.2) is 42.1 Å². The lowest BCUT2D eigenvalue weighted by Gasteiger charge is -2.31. The molecule has 1 unspecified atom stereocenters. The van der Waals surface area contributed by atoms with Crippen molar-refractivity contribution in [3.8, 4) is 5.75 Å². The molecule has 1 aromatic carbocycles. The van der Waals surface area contributed by atoms with Crippen LogP contribution in [0.3, 0.4) is 0 Å². The molecule has 0 radical (unpaired) electrons. The Morgan fingerprint density at radius 2 is 2.19 bits per heavy atom. The number of methoxy groups -OCH3 is 1. The summed E-state index contributed by atoms with van der Waals surface area (Å²) >= 11 is 5.73. The molecule has 1 aliphatic rings. The minimum absolute atomic E-state index is 0.240. The maximum absolute atomic E-state index is 6.10. The molecule has 1 fully saturated rings. The lowest BCUT2D eigenvalue weighted by atomic mass is 10.0. The van der Waals surface area contributed by atoms with Gasteiger partial charge in [0.25, 0.3) is 0 Å². The molecule has 3 nitrogen and oxygen atoms in total. The molecule has 1 heterocycles. The van der Waals surface area contributed by atoms with Crippen LogP contribution in [-0.2, 0) is 0 Å². The van der Waals surface area contributed by atoms with E-state index in [1.165, 1.54) is 12.0 Å². The maximum atomic E-state index is 6.10. The molecule has 1 saturated heterocycles. The second-order valence-electron chi connectivity index (χ2n) is 6.03. The molecule has 0 aliphatic carbocycles. The number of benzene rings is 1. The molecule has 2 rings (SSSR count). The predicted octanol–water partition coefficient (Wildman–Crippen LogP) is 3.68. The Hall–Kier alpha value is -0.230. The first-order chi connectivity index (χ1) is 9.96. The van der Waals surface area contributed by atoms with Gasteiger partial charge in [-0.1, -0.05) is 29.8 Å². The summed E-state index contributed by atoms with van der Waals surface area (Å²) in [7, 11) is 1.70. The standard InChI is InChI=1S/C16H25BrN2OS/c1-16(2)6-7-19(8-9-21-16)15(11-18)13-10-12(20-3)4-5-14(13)17/h4-5,10,15H,6-9,11,18H2,1-3H3. The molecular formula is C16H25BrN2OS. The molecule has 1 atom stereocenters. The fourth-order valence-electron chi connectivity index (χ4n) is 2.72. The number of halogens is 1. The highest BCUT2D eigenvalue weighted by molar-refractivity contribution is 9.10. The Kier molecular flexibility index (Phi) is 6.00. The van der Waals surface area contributed by atoms with E-state index in [2.05, 4.69) is 52.5 Å². The summed E-state index contributed by atoms with van der Waals surface area (Å²) < 4.78 is 6.83. The summed E-state index contributed by atoms with van der Waals surface area (Å²) in [4.78, 5) is 2.52. The lowest BCUT2D eigenvalue weighted by molar-refractivity contribution is 0.210. The Labute approximate surface area is 140 Å². The second-order valence-corrected chi connectivity index (χ2v) is 8.69. The third-order valence-electron chi connectivity index (χ3n) is 4.10. The fraction of sp³-hybridized carbons (Fsp3) is 0.625. The molecule has 1 aliphatic heterocycles. The highest BCUT2D eigenvalue weighted by Crippen LogP contribution is 2.35. The Balaban J connectivity index is 2.23. The van der Waals surface area contributed by atoms with E-state index in [0.29, 0.717) is 11.3 Å². The van der Waals surface area contributed by atoms with Crippen LogP contribution < -0.4 is 10.5 Å². The molecule has 2 N–H and O–H groups in total. The Morgan fingerprint density at radius 3 is 2.86 bits per heavy atom.